The fourth-order valence-corrected chi connectivity index (χ4v) is 1.45. The lowest BCUT2D eigenvalue weighted by Gasteiger charge is -2.11. The first-order valence-corrected chi connectivity index (χ1v) is 5.26. The maximum Gasteiger partial charge on any atom is 0.337 e. The van der Waals surface area contributed by atoms with Gasteiger partial charge in [-0.25, -0.2) is 4.79 Å². The molecular weight excluding hydrogens is 246 g/mol. The molecule has 0 amide bonds. The van der Waals surface area contributed by atoms with Gasteiger partial charge in [-0.2, -0.15) is 0 Å². The van der Waals surface area contributed by atoms with Gasteiger partial charge in [0.05, 0.1) is 5.38 Å². The topological polar surface area (TPSA) is 101 Å². The molecule has 92 valence electrons. The zero-order chi connectivity index (χ0) is 13.2. The molecule has 0 saturated heterocycles. The summed E-state index contributed by atoms with van der Waals surface area (Å²) in [4.78, 5) is 22.2. The molecule has 0 aliphatic heterocycles. The van der Waals surface area contributed by atoms with Crippen molar-refractivity contribution >= 4 is 29.0 Å². The Hall–Kier alpha value is -1.59. The van der Waals surface area contributed by atoms with Crippen LogP contribution < -0.4 is 5.73 Å². The summed E-state index contributed by atoms with van der Waals surface area (Å²) >= 11 is 5.64. The van der Waals surface area contributed by atoms with Crippen molar-refractivity contribution in [1.29, 1.82) is 0 Å². The summed E-state index contributed by atoms with van der Waals surface area (Å²) in [7, 11) is 0. The Morgan fingerprint density at radius 1 is 1.41 bits per heavy atom. The molecule has 0 heterocycles. The Bertz CT molecular complexity index is 459. The lowest BCUT2D eigenvalue weighted by atomic mass is 10.0. The highest BCUT2D eigenvalue weighted by molar-refractivity contribution is 6.33. The zero-order valence-corrected chi connectivity index (χ0v) is 9.81. The largest absolute Gasteiger partial charge is 0.479 e. The quantitative estimate of drug-likeness (QED) is 0.427. The summed E-state index contributed by atoms with van der Waals surface area (Å²) in [5.41, 5.74) is 5.85. The Labute approximate surface area is 103 Å². The second-order valence-electron chi connectivity index (χ2n) is 3.56. The molecule has 0 aromatic heterocycles. The van der Waals surface area contributed by atoms with Crippen LogP contribution in [0.2, 0.25) is 0 Å². The van der Waals surface area contributed by atoms with Gasteiger partial charge in [-0.05, 0) is 25.1 Å². The van der Waals surface area contributed by atoms with Crippen molar-refractivity contribution in [2.75, 3.05) is 5.73 Å². The minimum Gasteiger partial charge on any atom is -0.479 e. The smallest absolute Gasteiger partial charge is 0.337 e. The van der Waals surface area contributed by atoms with Gasteiger partial charge in [-0.1, -0.05) is 0 Å². The molecule has 0 aliphatic rings. The third kappa shape index (κ3) is 2.95. The highest BCUT2D eigenvalue weighted by Crippen LogP contribution is 2.23. The van der Waals surface area contributed by atoms with E-state index in [2.05, 4.69) is 0 Å². The summed E-state index contributed by atoms with van der Waals surface area (Å²) in [6, 6.07) is 4.05. The van der Waals surface area contributed by atoms with Crippen molar-refractivity contribution in [3.05, 3.63) is 29.3 Å². The third-order valence-corrected chi connectivity index (χ3v) is 2.46. The number of nitrogen functional groups attached to an aromatic ring is 1. The normalized spacial score (nSPS) is 14.1. The van der Waals surface area contributed by atoms with Crippen molar-refractivity contribution < 1.29 is 19.8 Å². The van der Waals surface area contributed by atoms with Gasteiger partial charge in [0.2, 0.25) is 0 Å². The van der Waals surface area contributed by atoms with E-state index < -0.39 is 17.5 Å². The fourth-order valence-electron chi connectivity index (χ4n) is 1.33. The Balaban J connectivity index is 3.19. The number of anilines is 1. The van der Waals surface area contributed by atoms with Gasteiger partial charge in [0, 0.05) is 16.8 Å². The highest BCUT2D eigenvalue weighted by Gasteiger charge is 2.21. The van der Waals surface area contributed by atoms with Crippen molar-refractivity contribution in [1.82, 2.24) is 0 Å². The molecule has 0 saturated carbocycles. The van der Waals surface area contributed by atoms with E-state index in [0.29, 0.717) is 0 Å². The number of hydrogen-bond donors (Lipinski definition) is 3. The first-order valence-electron chi connectivity index (χ1n) is 4.83. The molecule has 1 rings (SSSR count). The van der Waals surface area contributed by atoms with Crippen LogP contribution in [0.15, 0.2) is 18.2 Å². The van der Waals surface area contributed by atoms with Gasteiger partial charge in [0.15, 0.2) is 11.9 Å². The second kappa shape index (κ2) is 5.16. The van der Waals surface area contributed by atoms with Crippen LogP contribution in [-0.2, 0) is 4.79 Å². The van der Waals surface area contributed by atoms with E-state index >= 15 is 0 Å². The first-order chi connectivity index (χ1) is 7.84. The number of rotatable bonds is 4. The number of carbonyl (C=O) groups excluding carboxylic acids is 1. The van der Waals surface area contributed by atoms with Crippen LogP contribution in [0.3, 0.4) is 0 Å². The Morgan fingerprint density at radius 3 is 2.47 bits per heavy atom. The molecule has 0 radical (unpaired) electrons. The van der Waals surface area contributed by atoms with Gasteiger partial charge in [-0.15, -0.1) is 11.6 Å². The lowest BCUT2D eigenvalue weighted by Crippen LogP contribution is -2.15. The van der Waals surface area contributed by atoms with Crippen LogP contribution in [0.1, 0.15) is 28.9 Å². The number of aliphatic hydroxyl groups is 1. The molecule has 2 atom stereocenters. The number of alkyl halides is 1. The average Bonchev–Trinajstić information content (AvgIpc) is 2.27. The van der Waals surface area contributed by atoms with Crippen molar-refractivity contribution in [2.24, 2.45) is 0 Å². The number of carboxylic acids is 1. The van der Waals surface area contributed by atoms with Crippen LogP contribution >= 0.6 is 11.6 Å². The molecular formula is C11H12ClNO4. The molecule has 0 aliphatic carbocycles. The molecule has 4 N–H and O–H groups in total. The number of aliphatic hydroxyl groups excluding tert-OH is 1. The number of benzene rings is 1. The van der Waals surface area contributed by atoms with E-state index in [1.165, 1.54) is 25.1 Å². The minimum absolute atomic E-state index is 0.0133. The van der Waals surface area contributed by atoms with Crippen molar-refractivity contribution in [2.45, 2.75) is 18.4 Å². The summed E-state index contributed by atoms with van der Waals surface area (Å²) in [6.45, 7) is 1.51. The van der Waals surface area contributed by atoms with Crippen LogP contribution in [0.4, 0.5) is 5.69 Å². The number of Topliss-reactive ketones (excluding diaryl/α,β-unsaturated/α-hetero) is 1. The SMILES string of the molecule is CC(Cl)C(=O)c1ccc(N)c(C(O)C(=O)O)c1. The number of hydrogen-bond acceptors (Lipinski definition) is 4. The predicted octanol–water partition coefficient (Wildman–Crippen LogP) is 1.20. The van der Waals surface area contributed by atoms with E-state index in [0.717, 1.165) is 0 Å². The summed E-state index contributed by atoms with van der Waals surface area (Å²) in [5.74, 6) is -1.79. The summed E-state index contributed by atoms with van der Waals surface area (Å²) < 4.78 is 0. The van der Waals surface area contributed by atoms with Crippen LogP contribution in [0.5, 0.6) is 0 Å². The second-order valence-corrected chi connectivity index (χ2v) is 4.22. The third-order valence-electron chi connectivity index (χ3n) is 2.26. The molecule has 17 heavy (non-hydrogen) atoms. The van der Waals surface area contributed by atoms with Gasteiger partial charge in [0.1, 0.15) is 0 Å². The number of carbonyl (C=O) groups is 2. The monoisotopic (exact) mass is 257 g/mol. The number of nitrogens with two attached hydrogens (primary N) is 1. The van der Waals surface area contributed by atoms with E-state index in [1.807, 2.05) is 0 Å². The number of ketones is 1. The summed E-state index contributed by atoms with van der Waals surface area (Å²) in [6.07, 6.45) is -1.76. The molecule has 1 aromatic rings. The maximum atomic E-state index is 11.6. The first kappa shape index (κ1) is 13.5. The zero-order valence-electron chi connectivity index (χ0n) is 9.05. The summed E-state index contributed by atoms with van der Waals surface area (Å²) in [5, 5.41) is 17.4. The van der Waals surface area contributed by atoms with E-state index in [-0.39, 0.29) is 22.6 Å². The molecule has 0 bridgehead atoms. The van der Waals surface area contributed by atoms with Gasteiger partial charge < -0.3 is 15.9 Å². The maximum absolute atomic E-state index is 11.6. The van der Waals surface area contributed by atoms with Gasteiger partial charge >= 0.3 is 5.97 Å². The van der Waals surface area contributed by atoms with E-state index in [4.69, 9.17) is 22.4 Å². The molecule has 0 spiro atoms. The number of aliphatic carboxylic acids is 1. The van der Waals surface area contributed by atoms with Crippen LogP contribution in [0, 0.1) is 0 Å². The van der Waals surface area contributed by atoms with Crippen molar-refractivity contribution in [3.63, 3.8) is 0 Å². The Kier molecular flexibility index (Phi) is 4.09. The van der Waals surface area contributed by atoms with E-state index in [9.17, 15) is 14.7 Å². The Morgan fingerprint density at radius 2 is 2.00 bits per heavy atom. The standard InChI is InChI=1S/C11H12ClNO4/c1-5(12)9(14)6-2-3-8(13)7(4-6)10(15)11(16)17/h2-5,10,15H,13H2,1H3,(H,16,17). The fraction of sp³-hybridized carbons (Fsp3) is 0.273. The minimum atomic E-state index is -1.76. The van der Waals surface area contributed by atoms with Gasteiger partial charge in [-0.3, -0.25) is 4.79 Å². The predicted molar refractivity (Wildman–Crippen MR) is 63.1 cm³/mol. The number of carboxylic acid groups (broad SMARTS) is 1. The molecule has 2 unspecified atom stereocenters. The lowest BCUT2D eigenvalue weighted by molar-refractivity contribution is -0.146. The van der Waals surface area contributed by atoms with Crippen LogP contribution in [0.25, 0.3) is 0 Å². The average molecular weight is 258 g/mol. The van der Waals surface area contributed by atoms with Crippen LogP contribution in [-0.4, -0.2) is 27.3 Å². The highest BCUT2D eigenvalue weighted by atomic mass is 35.5. The van der Waals surface area contributed by atoms with Gasteiger partial charge in [0.25, 0.3) is 0 Å². The molecule has 1 aromatic carbocycles. The molecule has 5 nitrogen and oxygen atoms in total. The van der Waals surface area contributed by atoms with Crippen molar-refractivity contribution in [3.8, 4) is 0 Å². The molecule has 0 fully saturated rings. The van der Waals surface area contributed by atoms with E-state index in [1.54, 1.807) is 0 Å². The molecule has 6 heteroatoms. The number of halogens is 1.